The summed E-state index contributed by atoms with van der Waals surface area (Å²) in [7, 11) is -3.06. The maximum absolute atomic E-state index is 13.1. The van der Waals surface area contributed by atoms with Gasteiger partial charge in [0.1, 0.15) is 12.2 Å². The van der Waals surface area contributed by atoms with Gasteiger partial charge in [0.15, 0.2) is 9.84 Å². The fourth-order valence-corrected chi connectivity index (χ4v) is 5.26. The average Bonchev–Trinajstić information content (AvgIpc) is 2.97. The molecular weight excluding hydrogens is 396 g/mol. The normalized spacial score (nSPS) is 30.7. The number of rotatable bonds is 2. The molecule has 3 heterocycles. The summed E-state index contributed by atoms with van der Waals surface area (Å²) in [6, 6.07) is -0.774. The van der Waals surface area contributed by atoms with Gasteiger partial charge in [-0.15, -0.1) is 0 Å². The van der Waals surface area contributed by atoms with Crippen LogP contribution in [0.25, 0.3) is 0 Å². The van der Waals surface area contributed by atoms with Crippen LogP contribution in [0.2, 0.25) is 0 Å². The molecule has 10 heteroatoms. The zero-order chi connectivity index (χ0) is 21.2. The van der Waals surface area contributed by atoms with Crippen molar-refractivity contribution in [1.82, 2.24) is 20.6 Å². The summed E-state index contributed by atoms with van der Waals surface area (Å²) < 4.78 is 23.4. The molecule has 0 aromatic carbocycles. The predicted molar refractivity (Wildman–Crippen MR) is 109 cm³/mol. The minimum atomic E-state index is -3.06. The fraction of sp³-hybridized carbons (Fsp3) is 0.895. The third kappa shape index (κ3) is 5.61. The van der Waals surface area contributed by atoms with Gasteiger partial charge in [-0.1, -0.05) is 33.6 Å². The van der Waals surface area contributed by atoms with E-state index in [0.29, 0.717) is 19.4 Å². The molecular formula is C19H34N4O5S. The second-order valence-corrected chi connectivity index (χ2v) is 11.7. The Bertz CT molecular complexity index is 707. The zero-order valence-electron chi connectivity index (χ0n) is 17.6. The van der Waals surface area contributed by atoms with Crippen molar-refractivity contribution in [1.29, 1.82) is 0 Å². The minimum Gasteiger partial charge on any atom is -0.337 e. The van der Waals surface area contributed by atoms with Gasteiger partial charge in [0, 0.05) is 26.1 Å². The van der Waals surface area contributed by atoms with E-state index in [2.05, 4.69) is 31.6 Å². The summed E-state index contributed by atoms with van der Waals surface area (Å²) in [5, 5.41) is 3.00. The second kappa shape index (κ2) is 8.77. The highest BCUT2D eigenvalue weighted by molar-refractivity contribution is 7.91. The van der Waals surface area contributed by atoms with Crippen LogP contribution in [0.3, 0.4) is 0 Å². The Kier molecular flexibility index (Phi) is 6.74. The van der Waals surface area contributed by atoms with Crippen LogP contribution in [0.1, 0.15) is 52.9 Å². The van der Waals surface area contributed by atoms with Crippen molar-refractivity contribution in [2.75, 3.05) is 31.1 Å². The first-order valence-corrected chi connectivity index (χ1v) is 12.4. The van der Waals surface area contributed by atoms with E-state index in [1.54, 1.807) is 9.80 Å². The number of nitrogens with one attached hydrogen (secondary N) is 2. The number of hydrogen-bond acceptors (Lipinski definition) is 6. The highest BCUT2D eigenvalue weighted by atomic mass is 32.2. The van der Waals surface area contributed by atoms with Gasteiger partial charge in [-0.25, -0.2) is 13.2 Å². The van der Waals surface area contributed by atoms with E-state index in [1.165, 1.54) is 0 Å². The van der Waals surface area contributed by atoms with E-state index in [9.17, 15) is 18.0 Å². The SMILES string of the molecule is CC(C)(C)C1CC(NC(=O)C2CCCCCN2C(=O)N2CCS(=O)(=O)CC2)NO1. The predicted octanol–water partition coefficient (Wildman–Crippen LogP) is 0.863. The molecule has 29 heavy (non-hydrogen) atoms. The number of hydrogen-bond donors (Lipinski definition) is 2. The molecule has 3 unspecified atom stereocenters. The quantitative estimate of drug-likeness (QED) is 0.673. The van der Waals surface area contributed by atoms with Crippen molar-refractivity contribution in [2.45, 2.75) is 71.2 Å². The van der Waals surface area contributed by atoms with E-state index in [-0.39, 0.29) is 54.2 Å². The molecule has 3 rings (SSSR count). The lowest BCUT2D eigenvalue weighted by molar-refractivity contribution is -0.127. The van der Waals surface area contributed by atoms with E-state index in [0.717, 1.165) is 19.3 Å². The van der Waals surface area contributed by atoms with E-state index in [1.807, 2.05) is 0 Å². The van der Waals surface area contributed by atoms with Gasteiger partial charge < -0.3 is 15.1 Å². The monoisotopic (exact) mass is 430 g/mol. The highest BCUT2D eigenvalue weighted by Crippen LogP contribution is 2.28. The van der Waals surface area contributed by atoms with Crippen molar-refractivity contribution >= 4 is 21.8 Å². The van der Waals surface area contributed by atoms with Crippen LogP contribution >= 0.6 is 0 Å². The lowest BCUT2D eigenvalue weighted by Crippen LogP contribution is -2.57. The molecule has 3 atom stereocenters. The number of nitrogens with zero attached hydrogens (tertiary/aromatic N) is 2. The molecule has 3 fully saturated rings. The van der Waals surface area contributed by atoms with Gasteiger partial charge in [0.25, 0.3) is 0 Å². The summed E-state index contributed by atoms with van der Waals surface area (Å²) in [5.74, 6) is -0.206. The number of sulfone groups is 1. The standard InChI is InChI=1S/C19H34N4O5S/c1-19(2,3)15-13-16(21-28-15)20-17(24)14-7-5-4-6-8-23(14)18(25)22-9-11-29(26,27)12-10-22/h14-16,21H,4-13H2,1-3H3,(H,20,24). The first-order chi connectivity index (χ1) is 13.6. The molecule has 0 aliphatic carbocycles. The van der Waals surface area contributed by atoms with E-state index >= 15 is 0 Å². The maximum atomic E-state index is 13.1. The van der Waals surface area contributed by atoms with E-state index in [4.69, 9.17) is 4.84 Å². The highest BCUT2D eigenvalue weighted by Gasteiger charge is 2.39. The molecule has 2 N–H and O–H groups in total. The summed E-state index contributed by atoms with van der Waals surface area (Å²) in [5.41, 5.74) is 2.87. The van der Waals surface area contributed by atoms with Crippen LogP contribution in [0.5, 0.6) is 0 Å². The Morgan fingerprint density at radius 3 is 2.38 bits per heavy atom. The third-order valence-corrected chi connectivity index (χ3v) is 7.61. The van der Waals surface area contributed by atoms with Crippen molar-refractivity contribution in [3.8, 4) is 0 Å². The molecule has 0 aromatic rings. The topological polar surface area (TPSA) is 108 Å². The number of urea groups is 1. The molecule has 0 bridgehead atoms. The number of likely N-dealkylation sites (tertiary alicyclic amines) is 1. The molecule has 9 nitrogen and oxygen atoms in total. The Morgan fingerprint density at radius 1 is 1.07 bits per heavy atom. The van der Waals surface area contributed by atoms with Crippen LogP contribution in [0.15, 0.2) is 0 Å². The fourth-order valence-electron chi connectivity index (χ4n) is 4.06. The Labute approximate surface area is 173 Å². The molecule has 3 aliphatic rings. The van der Waals surface area contributed by atoms with Crippen molar-refractivity contribution < 1.29 is 22.8 Å². The van der Waals surface area contributed by atoms with Gasteiger partial charge in [-0.2, -0.15) is 5.48 Å². The lowest BCUT2D eigenvalue weighted by atomic mass is 9.87. The van der Waals surface area contributed by atoms with Gasteiger partial charge in [-0.05, 0) is 18.3 Å². The summed E-state index contributed by atoms with van der Waals surface area (Å²) in [4.78, 5) is 35.0. The minimum absolute atomic E-state index is 0.00466. The molecule has 3 aliphatic heterocycles. The van der Waals surface area contributed by atoms with Crippen LogP contribution in [-0.2, 0) is 19.5 Å². The first-order valence-electron chi connectivity index (χ1n) is 10.5. The van der Waals surface area contributed by atoms with Gasteiger partial charge in [0.05, 0.1) is 17.6 Å². The van der Waals surface area contributed by atoms with Crippen LogP contribution in [0, 0.1) is 5.41 Å². The summed E-state index contributed by atoms with van der Waals surface area (Å²) >= 11 is 0. The van der Waals surface area contributed by atoms with Gasteiger partial charge >= 0.3 is 6.03 Å². The number of amides is 3. The lowest BCUT2D eigenvalue weighted by Gasteiger charge is -2.36. The molecule has 3 amide bonds. The smallest absolute Gasteiger partial charge is 0.320 e. The molecule has 0 aromatic heterocycles. The first kappa shape index (κ1) is 22.3. The van der Waals surface area contributed by atoms with Gasteiger partial charge in [0.2, 0.25) is 5.91 Å². The van der Waals surface area contributed by atoms with E-state index < -0.39 is 15.9 Å². The molecule has 166 valence electrons. The van der Waals surface area contributed by atoms with Gasteiger partial charge in [-0.3, -0.25) is 9.63 Å². The average molecular weight is 431 g/mol. The van der Waals surface area contributed by atoms with Crippen LogP contribution < -0.4 is 10.8 Å². The zero-order valence-corrected chi connectivity index (χ0v) is 18.5. The van der Waals surface area contributed by atoms with Crippen LogP contribution in [0.4, 0.5) is 4.79 Å². The summed E-state index contributed by atoms with van der Waals surface area (Å²) in [6.07, 6.45) is 3.69. The summed E-state index contributed by atoms with van der Waals surface area (Å²) in [6.45, 7) is 7.17. The number of carbonyl (C=O) groups is 2. The van der Waals surface area contributed by atoms with Crippen molar-refractivity contribution in [2.24, 2.45) is 5.41 Å². The maximum Gasteiger partial charge on any atom is 0.320 e. The molecule has 0 saturated carbocycles. The van der Waals surface area contributed by atoms with Crippen molar-refractivity contribution in [3.63, 3.8) is 0 Å². The van der Waals surface area contributed by atoms with Crippen LogP contribution in [-0.4, -0.2) is 79.6 Å². The Balaban J connectivity index is 1.64. The third-order valence-electron chi connectivity index (χ3n) is 6.00. The Hall–Kier alpha value is -1.39. The molecule has 0 radical (unpaired) electrons. The molecule has 3 saturated heterocycles. The molecule has 0 spiro atoms. The largest absolute Gasteiger partial charge is 0.337 e. The van der Waals surface area contributed by atoms with Crippen molar-refractivity contribution in [3.05, 3.63) is 0 Å². The Morgan fingerprint density at radius 2 is 1.76 bits per heavy atom. The number of carbonyl (C=O) groups excluding carboxylic acids is 2. The number of hydroxylamine groups is 1. The second-order valence-electron chi connectivity index (χ2n) is 9.37.